The second kappa shape index (κ2) is 9.12. The van der Waals surface area contributed by atoms with Gasteiger partial charge in [-0.05, 0) is 64.7 Å². The van der Waals surface area contributed by atoms with Gasteiger partial charge < -0.3 is 5.32 Å². The second-order valence-electron chi connectivity index (χ2n) is 7.01. The van der Waals surface area contributed by atoms with Crippen molar-refractivity contribution in [2.24, 2.45) is 0 Å². The Morgan fingerprint density at radius 3 is 2.57 bits per heavy atom. The number of hydrogen-bond donors (Lipinski definition) is 1. The number of fused-ring (bicyclic) bond motifs is 1. The zero-order valence-electron chi connectivity index (χ0n) is 14.6. The molecule has 0 amide bonds. The Morgan fingerprint density at radius 1 is 1.05 bits per heavy atom. The monoisotopic (exact) mass is 295 g/mol. The maximum absolute atomic E-state index is 3.84. The minimum atomic E-state index is 0.688. The summed E-state index contributed by atoms with van der Waals surface area (Å²) in [5, 5.41) is 3.84. The standard InChI is InChI=1S/C18H37N3/c1-4-9-17(19-11-5-2)18(6-3)21-14-8-13-20-12-7-10-16(20)15-21/h16-19H,4-15H2,1-3H3. The fourth-order valence-electron chi connectivity index (χ4n) is 4.40. The Hall–Kier alpha value is -0.120. The zero-order chi connectivity index (χ0) is 15.1. The first-order chi connectivity index (χ1) is 10.3. The molecule has 0 aromatic rings. The predicted octanol–water partition coefficient (Wildman–Crippen LogP) is 3.10. The molecule has 2 fully saturated rings. The van der Waals surface area contributed by atoms with Gasteiger partial charge in [-0.3, -0.25) is 9.80 Å². The van der Waals surface area contributed by atoms with Crippen molar-refractivity contribution >= 4 is 0 Å². The minimum Gasteiger partial charge on any atom is -0.312 e. The van der Waals surface area contributed by atoms with Gasteiger partial charge in [0.15, 0.2) is 0 Å². The molecule has 1 N–H and O–H groups in total. The van der Waals surface area contributed by atoms with E-state index in [2.05, 4.69) is 35.9 Å². The molecule has 3 atom stereocenters. The molecule has 3 unspecified atom stereocenters. The molecule has 0 radical (unpaired) electrons. The molecule has 3 nitrogen and oxygen atoms in total. The maximum atomic E-state index is 3.84. The highest BCUT2D eigenvalue weighted by Crippen LogP contribution is 2.24. The third-order valence-corrected chi connectivity index (χ3v) is 5.44. The largest absolute Gasteiger partial charge is 0.312 e. The SMILES string of the molecule is CCCNC(CCC)C(CC)N1CCCN2CCCC2C1. The van der Waals surface area contributed by atoms with Gasteiger partial charge in [0.05, 0.1) is 0 Å². The first-order valence-electron chi connectivity index (χ1n) is 9.51. The smallest absolute Gasteiger partial charge is 0.0247 e. The molecule has 0 aliphatic carbocycles. The van der Waals surface area contributed by atoms with Gasteiger partial charge in [-0.1, -0.05) is 27.2 Å². The van der Waals surface area contributed by atoms with Crippen LogP contribution in [-0.2, 0) is 0 Å². The van der Waals surface area contributed by atoms with E-state index in [1.807, 2.05) is 0 Å². The average Bonchev–Trinajstić information content (AvgIpc) is 2.83. The summed E-state index contributed by atoms with van der Waals surface area (Å²) in [6, 6.07) is 2.26. The van der Waals surface area contributed by atoms with Gasteiger partial charge in [0.1, 0.15) is 0 Å². The van der Waals surface area contributed by atoms with E-state index in [1.54, 1.807) is 0 Å². The molecule has 2 heterocycles. The fraction of sp³-hybridized carbons (Fsp3) is 1.00. The summed E-state index contributed by atoms with van der Waals surface area (Å²) in [4.78, 5) is 5.58. The van der Waals surface area contributed by atoms with E-state index in [-0.39, 0.29) is 0 Å². The van der Waals surface area contributed by atoms with Crippen LogP contribution in [0.5, 0.6) is 0 Å². The van der Waals surface area contributed by atoms with Crippen LogP contribution in [0.2, 0.25) is 0 Å². The van der Waals surface area contributed by atoms with Crippen LogP contribution in [-0.4, -0.2) is 60.6 Å². The fourth-order valence-corrected chi connectivity index (χ4v) is 4.40. The zero-order valence-corrected chi connectivity index (χ0v) is 14.6. The molecule has 0 aromatic heterocycles. The van der Waals surface area contributed by atoms with E-state index < -0.39 is 0 Å². The summed E-state index contributed by atoms with van der Waals surface area (Å²) in [6.45, 7) is 13.5. The number of nitrogens with one attached hydrogen (secondary N) is 1. The lowest BCUT2D eigenvalue weighted by molar-refractivity contribution is 0.133. The molecule has 0 bridgehead atoms. The quantitative estimate of drug-likeness (QED) is 0.742. The first-order valence-corrected chi connectivity index (χ1v) is 9.51. The van der Waals surface area contributed by atoms with E-state index in [0.717, 1.165) is 12.1 Å². The van der Waals surface area contributed by atoms with Crippen molar-refractivity contribution in [1.29, 1.82) is 0 Å². The minimum absolute atomic E-state index is 0.688. The highest BCUT2D eigenvalue weighted by molar-refractivity contribution is 4.91. The molecule has 0 saturated carbocycles. The van der Waals surface area contributed by atoms with Crippen molar-refractivity contribution < 1.29 is 0 Å². The van der Waals surface area contributed by atoms with Crippen molar-refractivity contribution in [3.8, 4) is 0 Å². The van der Waals surface area contributed by atoms with E-state index in [9.17, 15) is 0 Å². The summed E-state index contributed by atoms with van der Waals surface area (Å²) < 4.78 is 0. The number of nitrogens with zero attached hydrogens (tertiary/aromatic N) is 2. The van der Waals surface area contributed by atoms with Crippen molar-refractivity contribution in [3.05, 3.63) is 0 Å². The van der Waals surface area contributed by atoms with Crippen LogP contribution in [0.25, 0.3) is 0 Å². The maximum Gasteiger partial charge on any atom is 0.0247 e. The Labute approximate surface area is 132 Å². The van der Waals surface area contributed by atoms with Crippen LogP contribution in [0.4, 0.5) is 0 Å². The van der Waals surface area contributed by atoms with Crippen LogP contribution in [0.15, 0.2) is 0 Å². The molecule has 3 heteroatoms. The van der Waals surface area contributed by atoms with Gasteiger partial charge in [-0.25, -0.2) is 0 Å². The van der Waals surface area contributed by atoms with Crippen molar-refractivity contribution in [1.82, 2.24) is 15.1 Å². The highest BCUT2D eigenvalue weighted by Gasteiger charge is 2.33. The lowest BCUT2D eigenvalue weighted by Gasteiger charge is -2.38. The highest BCUT2D eigenvalue weighted by atomic mass is 15.3. The van der Waals surface area contributed by atoms with Gasteiger partial charge >= 0.3 is 0 Å². The van der Waals surface area contributed by atoms with E-state index in [1.165, 1.54) is 77.7 Å². The lowest BCUT2D eigenvalue weighted by atomic mass is 9.98. The third kappa shape index (κ3) is 4.67. The second-order valence-corrected chi connectivity index (χ2v) is 7.01. The molecule has 124 valence electrons. The Balaban J connectivity index is 1.99. The predicted molar refractivity (Wildman–Crippen MR) is 91.9 cm³/mol. The molecule has 2 aliphatic heterocycles. The number of hydrogen-bond acceptors (Lipinski definition) is 3. The van der Waals surface area contributed by atoms with Crippen molar-refractivity contribution in [3.63, 3.8) is 0 Å². The van der Waals surface area contributed by atoms with Crippen molar-refractivity contribution in [2.45, 2.75) is 83.8 Å². The van der Waals surface area contributed by atoms with Gasteiger partial charge in [0.2, 0.25) is 0 Å². The molecular weight excluding hydrogens is 258 g/mol. The average molecular weight is 296 g/mol. The number of rotatable bonds is 8. The first kappa shape index (κ1) is 17.2. The third-order valence-electron chi connectivity index (χ3n) is 5.44. The van der Waals surface area contributed by atoms with Gasteiger partial charge in [-0.2, -0.15) is 0 Å². The van der Waals surface area contributed by atoms with Crippen LogP contribution in [0.3, 0.4) is 0 Å². The summed E-state index contributed by atoms with van der Waals surface area (Å²) in [6.07, 6.45) is 9.35. The summed E-state index contributed by atoms with van der Waals surface area (Å²) in [7, 11) is 0. The Morgan fingerprint density at radius 2 is 1.86 bits per heavy atom. The van der Waals surface area contributed by atoms with E-state index in [4.69, 9.17) is 0 Å². The Kier molecular flexibility index (Phi) is 7.48. The molecule has 21 heavy (non-hydrogen) atoms. The summed E-state index contributed by atoms with van der Waals surface area (Å²) >= 11 is 0. The van der Waals surface area contributed by atoms with Gasteiger partial charge in [-0.15, -0.1) is 0 Å². The van der Waals surface area contributed by atoms with Gasteiger partial charge in [0, 0.05) is 24.7 Å². The molecular formula is C18H37N3. The van der Waals surface area contributed by atoms with Crippen molar-refractivity contribution in [2.75, 3.05) is 32.7 Å². The summed E-state index contributed by atoms with van der Waals surface area (Å²) in [5.41, 5.74) is 0. The normalized spacial score (nSPS) is 27.3. The molecule has 2 rings (SSSR count). The van der Waals surface area contributed by atoms with Crippen LogP contribution < -0.4 is 5.32 Å². The topological polar surface area (TPSA) is 18.5 Å². The lowest BCUT2D eigenvalue weighted by Crippen LogP contribution is -2.52. The van der Waals surface area contributed by atoms with E-state index in [0.29, 0.717) is 6.04 Å². The molecule has 2 aliphatic rings. The van der Waals surface area contributed by atoms with E-state index >= 15 is 0 Å². The van der Waals surface area contributed by atoms with Crippen LogP contribution in [0.1, 0.15) is 65.7 Å². The Bertz CT molecular complexity index is 282. The van der Waals surface area contributed by atoms with Crippen LogP contribution >= 0.6 is 0 Å². The molecule has 0 spiro atoms. The van der Waals surface area contributed by atoms with Crippen LogP contribution in [0, 0.1) is 0 Å². The molecule has 2 saturated heterocycles. The summed E-state index contributed by atoms with van der Waals surface area (Å²) in [5.74, 6) is 0. The van der Waals surface area contributed by atoms with Gasteiger partial charge in [0.25, 0.3) is 0 Å². The molecule has 0 aromatic carbocycles.